The van der Waals surface area contributed by atoms with Gasteiger partial charge in [-0.3, -0.25) is 4.72 Å². The van der Waals surface area contributed by atoms with E-state index in [9.17, 15) is 17.9 Å². The van der Waals surface area contributed by atoms with Crippen molar-refractivity contribution in [3.8, 4) is 11.1 Å². The molecule has 0 radical (unpaired) electrons. The number of hydrogen-bond acceptors (Lipinski definition) is 7. The molecule has 208 valence electrons. The van der Waals surface area contributed by atoms with Gasteiger partial charge in [0.2, 0.25) is 5.95 Å². The van der Waals surface area contributed by atoms with Crippen LogP contribution in [-0.2, 0) is 16.4 Å². The second-order valence-corrected chi connectivity index (χ2v) is 12.6. The van der Waals surface area contributed by atoms with Crippen molar-refractivity contribution in [3.63, 3.8) is 0 Å². The van der Waals surface area contributed by atoms with E-state index in [0.717, 1.165) is 36.8 Å². The number of hydrogen-bond donors (Lipinski definition) is 3. The SMILES string of the molecule is CN1CCC(Nc2ncc3cc(-c4cc(NS(=O)(=O)c5cc(Cl)cc6c5CC[C@H]6O)ccc4F)ccc3n2)CC1. The number of nitrogens with one attached hydrogen (secondary N) is 2. The average Bonchev–Trinajstić information content (AvgIpc) is 3.30. The number of rotatable bonds is 6. The summed E-state index contributed by atoms with van der Waals surface area (Å²) in [6.07, 6.45) is 3.86. The van der Waals surface area contributed by atoms with E-state index >= 15 is 0 Å². The van der Waals surface area contributed by atoms with Crippen LogP contribution in [0.4, 0.5) is 16.0 Å². The lowest BCUT2D eigenvalue weighted by atomic mass is 10.0. The van der Waals surface area contributed by atoms with Crippen molar-refractivity contribution in [1.82, 2.24) is 14.9 Å². The topological polar surface area (TPSA) is 107 Å². The Balaban J connectivity index is 1.26. The molecule has 8 nitrogen and oxygen atoms in total. The van der Waals surface area contributed by atoms with Crippen molar-refractivity contribution in [2.45, 2.75) is 42.7 Å². The highest BCUT2D eigenvalue weighted by Gasteiger charge is 2.29. The number of sulfonamides is 1. The Morgan fingerprint density at radius 3 is 2.67 bits per heavy atom. The van der Waals surface area contributed by atoms with Gasteiger partial charge in [-0.05, 0) is 105 Å². The van der Waals surface area contributed by atoms with Crippen LogP contribution in [0, 0.1) is 5.82 Å². The minimum absolute atomic E-state index is 0.0185. The molecule has 1 fully saturated rings. The summed E-state index contributed by atoms with van der Waals surface area (Å²) in [6.45, 7) is 2.06. The maximum Gasteiger partial charge on any atom is 0.262 e. The molecular weight excluding hydrogens is 553 g/mol. The molecule has 3 aromatic carbocycles. The minimum Gasteiger partial charge on any atom is -0.388 e. The summed E-state index contributed by atoms with van der Waals surface area (Å²) in [5.41, 5.74) is 2.81. The standard InChI is InChI=1S/C29H29ClFN5O3S/c1-36-10-8-20(9-11-36)33-29-32-16-18-12-17(2-6-26(18)34-29)23-15-21(3-5-25(23)31)35-40(38,39)28-14-19(30)13-24-22(28)4-7-27(24)37/h2-3,5-6,12-16,20,27,35,37H,4,7-11H2,1H3,(H,32,33,34)/t27-/m1/s1. The van der Waals surface area contributed by atoms with E-state index in [2.05, 4.69) is 32.0 Å². The summed E-state index contributed by atoms with van der Waals surface area (Å²) < 4.78 is 44.2. The largest absolute Gasteiger partial charge is 0.388 e. The lowest BCUT2D eigenvalue weighted by molar-refractivity contribution is 0.180. The fourth-order valence-electron chi connectivity index (χ4n) is 5.50. The van der Waals surface area contributed by atoms with E-state index in [1.165, 1.54) is 24.3 Å². The maximum atomic E-state index is 15.0. The van der Waals surface area contributed by atoms with Gasteiger partial charge in [0.05, 0.1) is 16.5 Å². The van der Waals surface area contributed by atoms with E-state index in [4.69, 9.17) is 11.6 Å². The first kappa shape index (κ1) is 26.9. The van der Waals surface area contributed by atoms with Crippen molar-refractivity contribution in [2.24, 2.45) is 0 Å². The third-order valence-electron chi connectivity index (χ3n) is 7.69. The number of nitrogens with zero attached hydrogens (tertiary/aromatic N) is 3. The van der Waals surface area contributed by atoms with Crippen molar-refractivity contribution < 1.29 is 17.9 Å². The first-order valence-electron chi connectivity index (χ1n) is 13.2. The predicted molar refractivity (Wildman–Crippen MR) is 155 cm³/mol. The van der Waals surface area contributed by atoms with Crippen LogP contribution < -0.4 is 10.0 Å². The molecule has 3 N–H and O–H groups in total. The number of halogens is 2. The van der Waals surface area contributed by atoms with E-state index < -0.39 is 21.9 Å². The molecule has 11 heteroatoms. The van der Waals surface area contributed by atoms with Crippen molar-refractivity contribution in [1.29, 1.82) is 0 Å². The van der Waals surface area contributed by atoms with Crippen molar-refractivity contribution in [3.05, 3.63) is 76.7 Å². The molecule has 1 aliphatic carbocycles. The highest BCUT2D eigenvalue weighted by Crippen LogP contribution is 2.38. The molecular formula is C29H29ClFN5O3S. The quantitative estimate of drug-likeness (QED) is 0.281. The second-order valence-electron chi connectivity index (χ2n) is 10.5. The Bertz CT molecular complexity index is 1710. The number of likely N-dealkylation sites (tertiary alicyclic amines) is 1. The fraction of sp³-hybridized carbons (Fsp3) is 0.310. The smallest absolute Gasteiger partial charge is 0.262 e. The van der Waals surface area contributed by atoms with Crippen LogP contribution in [0.25, 0.3) is 22.0 Å². The first-order chi connectivity index (χ1) is 19.2. The van der Waals surface area contributed by atoms with Gasteiger partial charge in [-0.25, -0.2) is 22.8 Å². The van der Waals surface area contributed by atoms with Crippen molar-refractivity contribution >= 4 is 44.2 Å². The number of anilines is 2. The van der Waals surface area contributed by atoms with Gasteiger partial charge in [-0.2, -0.15) is 0 Å². The zero-order chi connectivity index (χ0) is 28.0. The molecule has 40 heavy (non-hydrogen) atoms. The number of aliphatic hydroxyl groups excluding tert-OH is 1. The van der Waals surface area contributed by atoms with Gasteiger partial charge in [0.25, 0.3) is 10.0 Å². The highest BCUT2D eigenvalue weighted by atomic mass is 35.5. The van der Waals surface area contributed by atoms with E-state index in [0.29, 0.717) is 41.5 Å². The number of piperidine rings is 1. The zero-order valence-electron chi connectivity index (χ0n) is 21.9. The third-order valence-corrected chi connectivity index (χ3v) is 9.35. The van der Waals surface area contributed by atoms with Crippen LogP contribution in [0.2, 0.25) is 5.02 Å². The number of aliphatic hydroxyl groups is 1. The molecule has 2 heterocycles. The Hall–Kier alpha value is -3.31. The van der Waals surface area contributed by atoms with Gasteiger partial charge in [0.15, 0.2) is 0 Å². The lowest BCUT2D eigenvalue weighted by Crippen LogP contribution is -2.37. The van der Waals surface area contributed by atoms with Crippen molar-refractivity contribution in [2.75, 3.05) is 30.2 Å². The van der Waals surface area contributed by atoms with Gasteiger partial charge in [0.1, 0.15) is 5.82 Å². The van der Waals surface area contributed by atoms with Gasteiger partial charge in [-0.15, -0.1) is 0 Å². The van der Waals surface area contributed by atoms with Crippen LogP contribution in [0.3, 0.4) is 0 Å². The van der Waals surface area contributed by atoms with E-state index in [1.807, 2.05) is 6.07 Å². The van der Waals surface area contributed by atoms with Gasteiger partial charge in [0, 0.05) is 33.9 Å². The normalized spacial score (nSPS) is 18.1. The summed E-state index contributed by atoms with van der Waals surface area (Å²) in [7, 11) is -1.93. The van der Waals surface area contributed by atoms with E-state index in [-0.39, 0.29) is 21.2 Å². The molecule has 2 aliphatic rings. The summed E-state index contributed by atoms with van der Waals surface area (Å²) in [6, 6.07) is 12.7. The Morgan fingerprint density at radius 1 is 1.07 bits per heavy atom. The number of fused-ring (bicyclic) bond motifs is 2. The monoisotopic (exact) mass is 581 g/mol. The molecule has 0 unspecified atom stereocenters. The minimum atomic E-state index is -4.05. The highest BCUT2D eigenvalue weighted by molar-refractivity contribution is 7.92. The Labute approximate surface area is 237 Å². The summed E-state index contributed by atoms with van der Waals surface area (Å²) >= 11 is 6.17. The predicted octanol–water partition coefficient (Wildman–Crippen LogP) is 5.38. The van der Waals surface area contributed by atoms with Gasteiger partial charge >= 0.3 is 0 Å². The average molecular weight is 582 g/mol. The molecule has 4 aromatic rings. The van der Waals surface area contributed by atoms with E-state index in [1.54, 1.807) is 24.4 Å². The molecule has 1 aliphatic heterocycles. The summed E-state index contributed by atoms with van der Waals surface area (Å²) in [5, 5.41) is 14.6. The molecule has 0 bridgehead atoms. The molecule has 1 saturated heterocycles. The summed E-state index contributed by atoms with van der Waals surface area (Å²) in [4.78, 5) is 11.4. The molecule has 6 rings (SSSR count). The lowest BCUT2D eigenvalue weighted by Gasteiger charge is -2.29. The molecule has 0 saturated carbocycles. The Morgan fingerprint density at radius 2 is 1.88 bits per heavy atom. The second kappa shape index (κ2) is 10.6. The fourth-order valence-corrected chi connectivity index (χ4v) is 7.16. The first-order valence-corrected chi connectivity index (χ1v) is 15.1. The van der Waals surface area contributed by atoms with Gasteiger partial charge in [-0.1, -0.05) is 17.7 Å². The van der Waals surface area contributed by atoms with Crippen LogP contribution in [0.5, 0.6) is 0 Å². The maximum absolute atomic E-state index is 15.0. The molecule has 0 spiro atoms. The molecule has 1 atom stereocenters. The Kier molecular flexibility index (Phi) is 7.12. The van der Waals surface area contributed by atoms with Crippen LogP contribution in [-0.4, -0.2) is 54.6 Å². The zero-order valence-corrected chi connectivity index (χ0v) is 23.4. The number of benzene rings is 3. The third kappa shape index (κ3) is 5.36. The van der Waals surface area contributed by atoms with Crippen LogP contribution >= 0.6 is 11.6 Å². The summed E-state index contributed by atoms with van der Waals surface area (Å²) in [5.74, 6) is 0.0768. The van der Waals surface area contributed by atoms with Gasteiger partial charge < -0.3 is 15.3 Å². The van der Waals surface area contributed by atoms with Crippen LogP contribution in [0.15, 0.2) is 59.6 Å². The number of aromatic nitrogens is 2. The van der Waals surface area contributed by atoms with Crippen LogP contribution in [0.1, 0.15) is 36.5 Å². The molecule has 0 amide bonds. The molecule has 1 aromatic heterocycles.